The van der Waals surface area contributed by atoms with E-state index < -0.39 is 0 Å². The predicted octanol–water partition coefficient (Wildman–Crippen LogP) is 5.41. The predicted molar refractivity (Wildman–Crippen MR) is 119 cm³/mol. The summed E-state index contributed by atoms with van der Waals surface area (Å²) in [6, 6.07) is 19.2. The van der Waals surface area contributed by atoms with E-state index in [-0.39, 0.29) is 17.6 Å². The average molecular weight is 390 g/mol. The molecule has 0 bridgehead atoms. The summed E-state index contributed by atoms with van der Waals surface area (Å²) in [6.07, 6.45) is 1.85. The number of hydrogen-bond acceptors (Lipinski definition) is 4. The number of allylic oxidation sites excluding steroid dienone is 3. The number of fused-ring (bicyclic) bond motifs is 5. The average Bonchev–Trinajstić information content (AvgIpc) is 2.76. The van der Waals surface area contributed by atoms with Crippen LogP contribution in [0.3, 0.4) is 0 Å². The van der Waals surface area contributed by atoms with Gasteiger partial charge in [-0.2, -0.15) is 0 Å². The van der Waals surface area contributed by atoms with Crippen LogP contribution in [-0.2, 0) is 0 Å². The van der Waals surface area contributed by atoms with Gasteiger partial charge in [-0.25, -0.2) is 4.99 Å². The fourth-order valence-electron chi connectivity index (χ4n) is 4.87. The van der Waals surface area contributed by atoms with Crippen LogP contribution >= 0.6 is 0 Å². The molecule has 0 aromatic heterocycles. The highest BCUT2D eigenvalue weighted by atomic mass is 16.1. The molecule has 6 rings (SSSR count). The van der Waals surface area contributed by atoms with Gasteiger partial charge in [-0.05, 0) is 55.0 Å². The summed E-state index contributed by atoms with van der Waals surface area (Å²) in [6.45, 7) is 3.94. The van der Waals surface area contributed by atoms with Gasteiger partial charge in [0.2, 0.25) is 0 Å². The summed E-state index contributed by atoms with van der Waals surface area (Å²) < 4.78 is 0. The van der Waals surface area contributed by atoms with Crippen LogP contribution in [0, 0.1) is 0 Å². The minimum absolute atomic E-state index is 0.0641. The zero-order valence-corrected chi connectivity index (χ0v) is 16.6. The maximum atomic E-state index is 13.6. The Morgan fingerprint density at radius 1 is 0.867 bits per heavy atom. The van der Waals surface area contributed by atoms with Crippen molar-refractivity contribution in [3.8, 4) is 0 Å². The summed E-state index contributed by atoms with van der Waals surface area (Å²) in [5.41, 5.74) is 5.60. The lowest BCUT2D eigenvalue weighted by atomic mass is 9.77. The quantitative estimate of drug-likeness (QED) is 0.515. The lowest BCUT2D eigenvalue weighted by Gasteiger charge is -2.41. The highest BCUT2D eigenvalue weighted by molar-refractivity contribution is 6.31. The second-order valence-corrected chi connectivity index (χ2v) is 7.99. The second kappa shape index (κ2) is 5.86. The monoisotopic (exact) mass is 390 g/mol. The van der Waals surface area contributed by atoms with Crippen LogP contribution in [0.1, 0.15) is 34.6 Å². The number of carbonyl (C=O) groups excluding carboxylic acids is 2. The lowest BCUT2D eigenvalue weighted by molar-refractivity contribution is 0.0972. The van der Waals surface area contributed by atoms with Crippen LogP contribution in [0.2, 0.25) is 0 Å². The molecule has 4 heteroatoms. The van der Waals surface area contributed by atoms with E-state index in [1.165, 1.54) is 0 Å². The van der Waals surface area contributed by atoms with Crippen LogP contribution in [0.15, 0.2) is 88.6 Å². The van der Waals surface area contributed by atoms with Gasteiger partial charge in [-0.15, -0.1) is 0 Å². The molecule has 1 aliphatic carbocycles. The van der Waals surface area contributed by atoms with Crippen molar-refractivity contribution in [2.75, 3.05) is 4.90 Å². The summed E-state index contributed by atoms with van der Waals surface area (Å²) in [5.74, 6) is -0.151. The Morgan fingerprint density at radius 2 is 1.50 bits per heavy atom. The van der Waals surface area contributed by atoms with Gasteiger partial charge >= 0.3 is 0 Å². The first-order valence-electron chi connectivity index (χ1n) is 10.1. The van der Waals surface area contributed by atoms with Gasteiger partial charge < -0.3 is 4.90 Å². The maximum absolute atomic E-state index is 13.6. The molecule has 2 aliphatic heterocycles. The van der Waals surface area contributed by atoms with E-state index in [9.17, 15) is 9.59 Å². The highest BCUT2D eigenvalue weighted by Gasteiger charge is 2.41. The number of carbonyl (C=O) groups is 2. The van der Waals surface area contributed by atoms with E-state index in [0.717, 1.165) is 33.6 Å². The van der Waals surface area contributed by atoms with E-state index in [1.807, 2.05) is 80.6 Å². The van der Waals surface area contributed by atoms with E-state index in [2.05, 4.69) is 4.90 Å². The molecule has 0 radical (unpaired) electrons. The largest absolute Gasteiger partial charge is 0.331 e. The van der Waals surface area contributed by atoms with Gasteiger partial charge in [0.05, 0.1) is 28.8 Å². The number of Topliss-reactive ketones (excluding diaryl/α,β-unsaturated/α-hetero) is 2. The fraction of sp³-hybridized carbons (Fsp3) is 0.115. The standard InChI is InChI=1S/C26H18N2O2/c1-14-23-13-20-24(15(2)28(23)22-10-6-5-9-21(22)27-14)26(30)19-12-17-8-4-3-7-16(17)11-18(19)25(20)29/h3-13,15H,1-2H3/t15-/m0/s1. The molecule has 4 nitrogen and oxygen atoms in total. The minimum Gasteiger partial charge on any atom is -0.331 e. The minimum atomic E-state index is -0.261. The van der Waals surface area contributed by atoms with Crippen LogP contribution in [-0.4, -0.2) is 23.3 Å². The van der Waals surface area contributed by atoms with Crippen molar-refractivity contribution in [2.24, 2.45) is 4.99 Å². The van der Waals surface area contributed by atoms with E-state index in [0.29, 0.717) is 22.3 Å². The molecule has 3 aromatic carbocycles. The van der Waals surface area contributed by atoms with Crippen molar-refractivity contribution in [3.05, 3.63) is 94.7 Å². The normalized spacial score (nSPS) is 19.7. The topological polar surface area (TPSA) is 49.7 Å². The molecule has 144 valence electrons. The number of nitrogens with zero attached hydrogens (tertiary/aromatic N) is 2. The van der Waals surface area contributed by atoms with Crippen LogP contribution in [0.25, 0.3) is 10.8 Å². The Labute approximate surface area is 173 Å². The molecular formula is C26H18N2O2. The van der Waals surface area contributed by atoms with Gasteiger partial charge in [0.1, 0.15) is 0 Å². The molecule has 0 unspecified atom stereocenters. The molecule has 0 saturated carbocycles. The van der Waals surface area contributed by atoms with Crippen molar-refractivity contribution >= 4 is 39.4 Å². The zero-order valence-electron chi connectivity index (χ0n) is 16.6. The first-order valence-corrected chi connectivity index (χ1v) is 10.1. The molecule has 3 aromatic rings. The summed E-state index contributed by atoms with van der Waals surface area (Å²) >= 11 is 0. The summed E-state index contributed by atoms with van der Waals surface area (Å²) in [4.78, 5) is 34.0. The SMILES string of the molecule is CC1=Nc2ccccc2N2C1=CC1=C(C(=O)c3cc4ccccc4cc3C1=O)[C@@H]2C. The Balaban J connectivity index is 1.59. The fourth-order valence-corrected chi connectivity index (χ4v) is 4.87. The van der Waals surface area contributed by atoms with Gasteiger partial charge in [-0.3, -0.25) is 9.59 Å². The molecule has 0 saturated heterocycles. The third kappa shape index (κ3) is 2.13. The van der Waals surface area contributed by atoms with Crippen LogP contribution < -0.4 is 4.90 Å². The summed E-state index contributed by atoms with van der Waals surface area (Å²) in [7, 11) is 0. The second-order valence-electron chi connectivity index (χ2n) is 7.99. The number of aliphatic imine (C=N–C) groups is 1. The van der Waals surface area contributed by atoms with E-state index in [4.69, 9.17) is 4.99 Å². The lowest BCUT2D eigenvalue weighted by Crippen LogP contribution is -2.44. The van der Waals surface area contributed by atoms with Crippen molar-refractivity contribution < 1.29 is 9.59 Å². The molecule has 0 fully saturated rings. The number of hydrogen-bond donors (Lipinski definition) is 0. The first kappa shape index (κ1) is 17.1. The van der Waals surface area contributed by atoms with Crippen molar-refractivity contribution in [3.63, 3.8) is 0 Å². The van der Waals surface area contributed by atoms with Gasteiger partial charge in [0, 0.05) is 22.3 Å². The molecule has 1 atom stereocenters. The number of rotatable bonds is 0. The van der Waals surface area contributed by atoms with Crippen molar-refractivity contribution in [1.82, 2.24) is 0 Å². The Kier molecular flexibility index (Phi) is 3.34. The number of ketones is 2. The van der Waals surface area contributed by atoms with Gasteiger partial charge in [0.25, 0.3) is 0 Å². The highest BCUT2D eigenvalue weighted by Crippen LogP contribution is 2.44. The smallest absolute Gasteiger partial charge is 0.194 e. The third-order valence-electron chi connectivity index (χ3n) is 6.30. The van der Waals surface area contributed by atoms with Gasteiger partial charge in [-0.1, -0.05) is 36.4 Å². The van der Waals surface area contributed by atoms with E-state index >= 15 is 0 Å². The molecule has 3 aliphatic rings. The van der Waals surface area contributed by atoms with Crippen LogP contribution in [0.4, 0.5) is 11.4 Å². The molecule has 0 spiro atoms. The molecular weight excluding hydrogens is 372 g/mol. The molecule has 2 heterocycles. The maximum Gasteiger partial charge on any atom is 0.194 e. The van der Waals surface area contributed by atoms with Gasteiger partial charge in [0.15, 0.2) is 11.6 Å². The van der Waals surface area contributed by atoms with Crippen LogP contribution in [0.5, 0.6) is 0 Å². The Hall–Kier alpha value is -3.79. The number of para-hydroxylation sites is 2. The van der Waals surface area contributed by atoms with E-state index in [1.54, 1.807) is 0 Å². The molecule has 30 heavy (non-hydrogen) atoms. The van der Waals surface area contributed by atoms with Crippen molar-refractivity contribution in [2.45, 2.75) is 19.9 Å². The number of anilines is 1. The third-order valence-corrected chi connectivity index (χ3v) is 6.30. The zero-order chi connectivity index (χ0) is 20.6. The summed E-state index contributed by atoms with van der Waals surface area (Å²) in [5, 5.41) is 1.93. The van der Waals surface area contributed by atoms with Crippen molar-refractivity contribution in [1.29, 1.82) is 0 Å². The Morgan fingerprint density at radius 3 is 2.23 bits per heavy atom. The molecule has 0 N–H and O–H groups in total. The Bertz CT molecular complexity index is 1410. The first-order chi connectivity index (χ1) is 14.5. The number of benzene rings is 3. The molecule has 0 amide bonds.